The maximum absolute atomic E-state index is 6.04. The number of hydrogen-bond acceptors (Lipinski definition) is 3. The third kappa shape index (κ3) is 2.78. The lowest BCUT2D eigenvalue weighted by molar-refractivity contribution is 0.619. The summed E-state index contributed by atoms with van der Waals surface area (Å²) in [4.78, 5) is 4.83. The van der Waals surface area contributed by atoms with Crippen molar-refractivity contribution in [1.82, 2.24) is 0 Å². The Morgan fingerprint density at radius 3 is 2.60 bits per heavy atom. The molecule has 3 nitrogen and oxygen atoms in total. The largest absolute Gasteiger partial charge is 0.374 e. The smallest absolute Gasteiger partial charge is 0.0430 e. The molecule has 3 heteroatoms. The van der Waals surface area contributed by atoms with Crippen LogP contribution in [0.5, 0.6) is 0 Å². The average Bonchev–Trinajstić information content (AvgIpc) is 2.59. The third-order valence-electron chi connectivity index (χ3n) is 4.60. The lowest BCUT2D eigenvalue weighted by Crippen LogP contribution is -2.24. The van der Waals surface area contributed by atoms with E-state index in [2.05, 4.69) is 49.8 Å². The molecule has 2 rings (SSSR count). The summed E-state index contributed by atoms with van der Waals surface area (Å²) >= 11 is 0. The maximum atomic E-state index is 6.04. The summed E-state index contributed by atoms with van der Waals surface area (Å²) < 4.78 is 0. The predicted octanol–water partition coefficient (Wildman–Crippen LogP) is 3.11. The summed E-state index contributed by atoms with van der Waals surface area (Å²) in [6.45, 7) is 10.7. The van der Waals surface area contributed by atoms with E-state index in [-0.39, 0.29) is 0 Å². The lowest BCUT2D eigenvalue weighted by atomic mass is 9.91. The topological polar surface area (TPSA) is 32.5 Å². The van der Waals surface area contributed by atoms with Gasteiger partial charge in [0.05, 0.1) is 0 Å². The van der Waals surface area contributed by atoms with E-state index in [9.17, 15) is 0 Å². The third-order valence-corrected chi connectivity index (χ3v) is 4.60. The molecule has 1 heterocycles. The quantitative estimate of drug-likeness (QED) is 0.916. The van der Waals surface area contributed by atoms with Gasteiger partial charge in [-0.1, -0.05) is 0 Å². The molecule has 0 aliphatic carbocycles. The zero-order chi connectivity index (χ0) is 14.7. The number of anilines is 2. The Labute approximate surface area is 123 Å². The maximum Gasteiger partial charge on any atom is 0.0430 e. The van der Waals surface area contributed by atoms with E-state index in [1.165, 1.54) is 35.3 Å². The molecule has 20 heavy (non-hydrogen) atoms. The number of hydrogen-bond donors (Lipinski definition) is 1. The van der Waals surface area contributed by atoms with Gasteiger partial charge in [-0.05, 0) is 69.3 Å². The summed E-state index contributed by atoms with van der Waals surface area (Å²) in [5.41, 5.74) is 11.6. The molecule has 0 spiro atoms. The van der Waals surface area contributed by atoms with E-state index >= 15 is 0 Å². The van der Waals surface area contributed by atoms with Gasteiger partial charge in [-0.3, -0.25) is 0 Å². The van der Waals surface area contributed by atoms with Gasteiger partial charge in [0, 0.05) is 38.1 Å². The second kappa shape index (κ2) is 6.49. The number of benzene rings is 1. The Morgan fingerprint density at radius 1 is 1.30 bits per heavy atom. The first-order chi connectivity index (χ1) is 9.62. The highest BCUT2D eigenvalue weighted by Gasteiger charge is 2.23. The van der Waals surface area contributed by atoms with Crippen molar-refractivity contribution in [2.75, 3.05) is 43.0 Å². The van der Waals surface area contributed by atoms with Crippen LogP contribution in [0.2, 0.25) is 0 Å². The molecule has 2 N–H and O–H groups in total. The first kappa shape index (κ1) is 15.2. The number of aryl methyl sites for hydroxylation is 1. The van der Waals surface area contributed by atoms with Crippen molar-refractivity contribution in [3.8, 4) is 0 Å². The highest BCUT2D eigenvalue weighted by Crippen LogP contribution is 2.38. The first-order valence-corrected chi connectivity index (χ1v) is 7.93. The van der Waals surface area contributed by atoms with Crippen LogP contribution < -0.4 is 15.5 Å². The van der Waals surface area contributed by atoms with Gasteiger partial charge in [-0.15, -0.1) is 0 Å². The van der Waals surface area contributed by atoms with Crippen molar-refractivity contribution >= 4 is 11.4 Å². The molecular weight excluding hydrogens is 246 g/mol. The van der Waals surface area contributed by atoms with Gasteiger partial charge in [0.2, 0.25) is 0 Å². The molecule has 0 saturated carbocycles. The zero-order valence-electron chi connectivity index (χ0n) is 13.4. The van der Waals surface area contributed by atoms with Gasteiger partial charge < -0.3 is 15.5 Å². The van der Waals surface area contributed by atoms with E-state index in [1.807, 2.05) is 0 Å². The average molecular weight is 275 g/mol. The molecule has 0 amide bonds. The first-order valence-electron chi connectivity index (χ1n) is 7.93. The van der Waals surface area contributed by atoms with Gasteiger partial charge in [-0.2, -0.15) is 0 Å². The second-order valence-electron chi connectivity index (χ2n) is 5.87. The number of nitrogens with two attached hydrogens (primary N) is 1. The summed E-state index contributed by atoms with van der Waals surface area (Å²) in [6, 6.07) is 4.72. The molecule has 0 bridgehead atoms. The molecule has 1 aliphatic heterocycles. The standard InChI is InChI=1S/C17H29N3/c1-5-20(6-2)15-10-13(3)17-16(11-15)14(12-18)8-7-9-19(17)4/h10-11,14H,5-9,12,18H2,1-4H3. The van der Waals surface area contributed by atoms with Crippen molar-refractivity contribution in [2.45, 2.75) is 39.5 Å². The van der Waals surface area contributed by atoms with Crippen LogP contribution in [0, 0.1) is 6.92 Å². The highest BCUT2D eigenvalue weighted by atomic mass is 15.1. The van der Waals surface area contributed by atoms with Crippen LogP contribution in [-0.4, -0.2) is 33.2 Å². The van der Waals surface area contributed by atoms with Gasteiger partial charge in [-0.25, -0.2) is 0 Å². The molecule has 112 valence electrons. The van der Waals surface area contributed by atoms with Crippen molar-refractivity contribution in [1.29, 1.82) is 0 Å². The molecule has 1 unspecified atom stereocenters. The zero-order valence-corrected chi connectivity index (χ0v) is 13.4. The minimum atomic E-state index is 0.504. The van der Waals surface area contributed by atoms with Crippen molar-refractivity contribution in [3.05, 3.63) is 23.3 Å². The van der Waals surface area contributed by atoms with Gasteiger partial charge in [0.1, 0.15) is 0 Å². The Hall–Kier alpha value is -1.22. The number of fused-ring (bicyclic) bond motifs is 1. The Kier molecular flexibility index (Phi) is 4.92. The van der Waals surface area contributed by atoms with E-state index < -0.39 is 0 Å². The summed E-state index contributed by atoms with van der Waals surface area (Å²) in [7, 11) is 2.21. The summed E-state index contributed by atoms with van der Waals surface area (Å²) in [5.74, 6) is 0.504. The fourth-order valence-electron chi connectivity index (χ4n) is 3.48. The molecule has 0 fully saturated rings. The van der Waals surface area contributed by atoms with Crippen LogP contribution in [0.4, 0.5) is 11.4 Å². The Bertz CT molecular complexity index is 452. The molecule has 1 aromatic rings. The van der Waals surface area contributed by atoms with E-state index in [0.717, 1.165) is 26.2 Å². The Balaban J connectivity index is 2.53. The van der Waals surface area contributed by atoms with E-state index in [0.29, 0.717) is 5.92 Å². The van der Waals surface area contributed by atoms with Crippen LogP contribution >= 0.6 is 0 Å². The predicted molar refractivity (Wildman–Crippen MR) is 89.0 cm³/mol. The molecule has 0 saturated heterocycles. The Morgan fingerprint density at radius 2 is 2.00 bits per heavy atom. The van der Waals surface area contributed by atoms with Crippen molar-refractivity contribution in [2.24, 2.45) is 5.73 Å². The van der Waals surface area contributed by atoms with Gasteiger partial charge in [0.25, 0.3) is 0 Å². The van der Waals surface area contributed by atoms with Crippen LogP contribution in [0.15, 0.2) is 12.1 Å². The fraction of sp³-hybridized carbons (Fsp3) is 0.647. The SMILES string of the molecule is CCN(CC)c1cc(C)c2c(c1)C(CN)CCCN2C. The molecule has 1 atom stereocenters. The van der Waals surface area contributed by atoms with E-state index in [4.69, 9.17) is 5.73 Å². The van der Waals surface area contributed by atoms with Crippen molar-refractivity contribution in [3.63, 3.8) is 0 Å². The molecular formula is C17H29N3. The lowest BCUT2D eigenvalue weighted by Gasteiger charge is -2.28. The van der Waals surface area contributed by atoms with Gasteiger partial charge in [0.15, 0.2) is 0 Å². The molecule has 1 aliphatic rings. The fourth-order valence-corrected chi connectivity index (χ4v) is 3.48. The minimum absolute atomic E-state index is 0.504. The monoisotopic (exact) mass is 275 g/mol. The van der Waals surface area contributed by atoms with Gasteiger partial charge >= 0.3 is 0 Å². The number of rotatable bonds is 4. The molecule has 0 aromatic heterocycles. The van der Waals surface area contributed by atoms with Crippen LogP contribution in [0.1, 0.15) is 43.7 Å². The van der Waals surface area contributed by atoms with Crippen LogP contribution in [0.3, 0.4) is 0 Å². The van der Waals surface area contributed by atoms with Crippen LogP contribution in [0.25, 0.3) is 0 Å². The highest BCUT2D eigenvalue weighted by molar-refractivity contribution is 5.68. The molecule has 0 radical (unpaired) electrons. The molecule has 1 aromatic carbocycles. The summed E-state index contributed by atoms with van der Waals surface area (Å²) in [6.07, 6.45) is 2.43. The van der Waals surface area contributed by atoms with Crippen LogP contribution in [-0.2, 0) is 0 Å². The summed E-state index contributed by atoms with van der Waals surface area (Å²) in [5, 5.41) is 0. The minimum Gasteiger partial charge on any atom is -0.374 e. The number of nitrogens with zero attached hydrogens (tertiary/aromatic N) is 2. The second-order valence-corrected chi connectivity index (χ2v) is 5.87. The normalized spacial score (nSPS) is 18.6. The van der Waals surface area contributed by atoms with E-state index in [1.54, 1.807) is 0 Å². The van der Waals surface area contributed by atoms with Crippen molar-refractivity contribution < 1.29 is 0 Å².